The Hall–Kier alpha value is -2.22. The van der Waals surface area contributed by atoms with E-state index in [2.05, 4.69) is 16.5 Å². The number of hydrogen-bond donors (Lipinski definition) is 0. The van der Waals surface area contributed by atoms with Gasteiger partial charge < -0.3 is 9.57 Å². The van der Waals surface area contributed by atoms with Crippen LogP contribution in [0, 0.1) is 0 Å². The molecule has 1 fully saturated rings. The molecule has 0 amide bonds. The molecule has 0 aliphatic carbocycles. The predicted octanol–water partition coefficient (Wildman–Crippen LogP) is 3.27. The minimum Gasteiger partial charge on any atom is -0.489 e. The lowest BCUT2D eigenvalue weighted by atomic mass is 10.1. The van der Waals surface area contributed by atoms with E-state index in [0.717, 1.165) is 48.2 Å². The Kier molecular flexibility index (Phi) is 6.98. The highest BCUT2D eigenvalue weighted by Crippen LogP contribution is 2.31. The molecule has 144 valence electrons. The number of allylic oxidation sites excluding steroid dienone is 1. The molecule has 0 atom stereocenters. The molecule has 7 heteroatoms. The van der Waals surface area contributed by atoms with Crippen molar-refractivity contribution >= 4 is 27.8 Å². The maximum absolute atomic E-state index is 10.9. The summed E-state index contributed by atoms with van der Waals surface area (Å²) in [6.45, 7) is 6.68. The van der Waals surface area contributed by atoms with E-state index >= 15 is 0 Å². The number of hydroxylamine groups is 2. The van der Waals surface area contributed by atoms with Crippen molar-refractivity contribution in [3.8, 4) is 5.75 Å². The average Bonchev–Trinajstić information content (AvgIpc) is 3.13. The van der Waals surface area contributed by atoms with Crippen molar-refractivity contribution < 1.29 is 14.4 Å². The Labute approximate surface area is 163 Å². The molecule has 0 N–H and O–H groups in total. The lowest BCUT2D eigenvalue weighted by molar-refractivity contribution is -0.107. The van der Waals surface area contributed by atoms with Crippen molar-refractivity contribution in [2.24, 2.45) is 0 Å². The number of fused-ring (bicyclic) bond motifs is 1. The molecule has 1 aliphatic heterocycles. The number of aldehydes is 1. The Balaban J connectivity index is 1.52. The number of piperidine rings is 1. The number of ether oxygens (including phenoxy) is 1. The standard InChI is InChI=1S/C20H25N3O3S/c1-3-10-22(2)26-17(7-13-24)15-23-11-5-16(6-12-23)25-19-4-9-21-18-8-14-27-20(18)19/h3-4,7-9,13-14,16H,1,5-6,10-12,15H2,2H3/b17-7-. The van der Waals surface area contributed by atoms with Crippen molar-refractivity contribution in [2.75, 3.05) is 33.2 Å². The molecule has 0 saturated carbocycles. The van der Waals surface area contributed by atoms with Crippen molar-refractivity contribution in [2.45, 2.75) is 18.9 Å². The number of rotatable bonds is 9. The summed E-state index contributed by atoms with van der Waals surface area (Å²) in [5.41, 5.74) is 0.986. The van der Waals surface area contributed by atoms with Crippen molar-refractivity contribution in [1.82, 2.24) is 14.9 Å². The molecular formula is C20H25N3O3S. The highest BCUT2D eigenvalue weighted by Gasteiger charge is 2.22. The molecule has 1 aliphatic rings. The molecule has 1 saturated heterocycles. The first-order chi connectivity index (χ1) is 13.2. The minimum atomic E-state index is 0.191. The topological polar surface area (TPSA) is 54.9 Å². The molecule has 3 rings (SSSR count). The second kappa shape index (κ2) is 9.64. The Bertz CT molecular complexity index is 797. The fourth-order valence-corrected chi connectivity index (χ4v) is 3.94. The predicted molar refractivity (Wildman–Crippen MR) is 108 cm³/mol. The molecule has 3 heterocycles. The normalized spacial score (nSPS) is 16.6. The third kappa shape index (κ3) is 5.38. The zero-order valence-electron chi connectivity index (χ0n) is 15.5. The summed E-state index contributed by atoms with van der Waals surface area (Å²) < 4.78 is 7.35. The minimum absolute atomic E-state index is 0.191. The van der Waals surface area contributed by atoms with E-state index < -0.39 is 0 Å². The Morgan fingerprint density at radius 3 is 3.00 bits per heavy atom. The van der Waals surface area contributed by atoms with Crippen LogP contribution in [0.25, 0.3) is 10.2 Å². The van der Waals surface area contributed by atoms with E-state index in [-0.39, 0.29) is 6.10 Å². The van der Waals surface area contributed by atoms with Gasteiger partial charge in [-0.2, -0.15) is 0 Å². The molecular weight excluding hydrogens is 362 g/mol. The second-order valence-corrected chi connectivity index (χ2v) is 7.41. The zero-order valence-corrected chi connectivity index (χ0v) is 16.4. The summed E-state index contributed by atoms with van der Waals surface area (Å²) in [7, 11) is 1.82. The van der Waals surface area contributed by atoms with Gasteiger partial charge in [-0.25, -0.2) is 0 Å². The zero-order chi connectivity index (χ0) is 19.1. The highest BCUT2D eigenvalue weighted by atomic mass is 32.1. The summed E-state index contributed by atoms with van der Waals surface area (Å²) in [4.78, 5) is 23.2. The summed E-state index contributed by atoms with van der Waals surface area (Å²) in [6.07, 6.45) is 7.86. The highest BCUT2D eigenvalue weighted by molar-refractivity contribution is 7.17. The molecule has 0 unspecified atom stereocenters. The molecule has 27 heavy (non-hydrogen) atoms. The number of thiophene rings is 1. The van der Waals surface area contributed by atoms with Gasteiger partial charge in [0.2, 0.25) is 0 Å². The molecule has 0 bridgehead atoms. The Morgan fingerprint density at radius 2 is 2.26 bits per heavy atom. The van der Waals surface area contributed by atoms with Gasteiger partial charge in [0, 0.05) is 32.4 Å². The lowest BCUT2D eigenvalue weighted by Crippen LogP contribution is -2.40. The smallest absolute Gasteiger partial charge is 0.146 e. The lowest BCUT2D eigenvalue weighted by Gasteiger charge is -2.33. The fourth-order valence-electron chi connectivity index (χ4n) is 3.13. The van der Waals surface area contributed by atoms with Crippen LogP contribution in [-0.2, 0) is 9.63 Å². The maximum Gasteiger partial charge on any atom is 0.146 e. The van der Waals surface area contributed by atoms with Gasteiger partial charge in [-0.1, -0.05) is 6.08 Å². The number of carbonyl (C=O) groups is 1. The van der Waals surface area contributed by atoms with Gasteiger partial charge in [-0.3, -0.25) is 14.7 Å². The van der Waals surface area contributed by atoms with E-state index in [4.69, 9.17) is 9.57 Å². The van der Waals surface area contributed by atoms with E-state index in [0.29, 0.717) is 18.8 Å². The van der Waals surface area contributed by atoms with Gasteiger partial charge in [0.05, 0.1) is 23.3 Å². The van der Waals surface area contributed by atoms with Crippen LogP contribution in [0.15, 0.2) is 48.2 Å². The number of likely N-dealkylation sites (N-methyl/N-ethyl adjacent to an activating group) is 1. The SMILES string of the molecule is C=CCN(C)O/C(=C\C=O)CN1CCC(Oc2ccnc3ccsc23)CC1. The summed E-state index contributed by atoms with van der Waals surface area (Å²) in [6, 6.07) is 3.96. The van der Waals surface area contributed by atoms with Crippen molar-refractivity contribution in [3.63, 3.8) is 0 Å². The van der Waals surface area contributed by atoms with Crippen LogP contribution in [0.4, 0.5) is 0 Å². The monoisotopic (exact) mass is 387 g/mol. The first-order valence-corrected chi connectivity index (χ1v) is 9.93. The van der Waals surface area contributed by atoms with E-state index in [1.54, 1.807) is 28.7 Å². The van der Waals surface area contributed by atoms with Crippen molar-refractivity contribution in [3.05, 3.63) is 48.2 Å². The molecule has 2 aromatic heterocycles. The second-order valence-electron chi connectivity index (χ2n) is 6.50. The summed E-state index contributed by atoms with van der Waals surface area (Å²) in [5, 5.41) is 3.70. The third-order valence-corrected chi connectivity index (χ3v) is 5.35. The van der Waals surface area contributed by atoms with Crippen LogP contribution in [0.3, 0.4) is 0 Å². The van der Waals surface area contributed by atoms with E-state index in [1.165, 1.54) is 6.08 Å². The Morgan fingerprint density at radius 1 is 1.44 bits per heavy atom. The van der Waals surface area contributed by atoms with Gasteiger partial charge in [-0.05, 0) is 30.4 Å². The number of hydrogen-bond acceptors (Lipinski definition) is 7. The summed E-state index contributed by atoms with van der Waals surface area (Å²) in [5.74, 6) is 1.56. The number of likely N-dealkylation sites (tertiary alicyclic amines) is 1. The number of nitrogens with zero attached hydrogens (tertiary/aromatic N) is 3. The van der Waals surface area contributed by atoms with Crippen LogP contribution < -0.4 is 4.74 Å². The fraction of sp³-hybridized carbons (Fsp3) is 0.400. The quantitative estimate of drug-likeness (QED) is 0.216. The molecule has 0 radical (unpaired) electrons. The molecule has 0 aromatic carbocycles. The van der Waals surface area contributed by atoms with Crippen LogP contribution >= 0.6 is 11.3 Å². The van der Waals surface area contributed by atoms with E-state index in [1.807, 2.05) is 24.6 Å². The van der Waals surface area contributed by atoms with Crippen molar-refractivity contribution in [1.29, 1.82) is 0 Å². The summed E-state index contributed by atoms with van der Waals surface area (Å²) >= 11 is 1.66. The van der Waals surface area contributed by atoms with Gasteiger partial charge in [0.25, 0.3) is 0 Å². The molecule has 2 aromatic rings. The van der Waals surface area contributed by atoms with Crippen LogP contribution in [0.1, 0.15) is 12.8 Å². The van der Waals surface area contributed by atoms with Gasteiger partial charge in [-0.15, -0.1) is 23.0 Å². The third-order valence-electron chi connectivity index (χ3n) is 4.43. The maximum atomic E-state index is 10.9. The molecule has 6 nitrogen and oxygen atoms in total. The van der Waals surface area contributed by atoms with Gasteiger partial charge >= 0.3 is 0 Å². The van der Waals surface area contributed by atoms with Crippen LogP contribution in [-0.4, -0.2) is 60.6 Å². The van der Waals surface area contributed by atoms with Crippen LogP contribution in [0.5, 0.6) is 5.75 Å². The number of carbonyl (C=O) groups excluding carboxylic acids is 1. The van der Waals surface area contributed by atoms with Gasteiger partial charge in [0.1, 0.15) is 23.9 Å². The average molecular weight is 388 g/mol. The number of aromatic nitrogens is 1. The van der Waals surface area contributed by atoms with Gasteiger partial charge in [0.15, 0.2) is 0 Å². The number of pyridine rings is 1. The van der Waals surface area contributed by atoms with Crippen LogP contribution in [0.2, 0.25) is 0 Å². The molecule has 0 spiro atoms. The first kappa shape index (κ1) is 19.5. The first-order valence-electron chi connectivity index (χ1n) is 9.05. The largest absolute Gasteiger partial charge is 0.489 e. The van der Waals surface area contributed by atoms with E-state index in [9.17, 15) is 4.79 Å².